The number of hydrogen-bond acceptors (Lipinski definition) is 4. The van der Waals surface area contributed by atoms with Gasteiger partial charge in [0.25, 0.3) is 0 Å². The largest absolute Gasteiger partial charge is 0.486 e. The van der Waals surface area contributed by atoms with Crippen LogP contribution >= 0.6 is 0 Å². The Morgan fingerprint density at radius 2 is 2.05 bits per heavy atom. The summed E-state index contributed by atoms with van der Waals surface area (Å²) in [7, 11) is 0. The molecule has 1 aliphatic rings. The topological polar surface area (TPSA) is 43.6 Å². The molecule has 2 heterocycles. The van der Waals surface area contributed by atoms with Gasteiger partial charge < -0.3 is 19.2 Å². The summed E-state index contributed by atoms with van der Waals surface area (Å²) in [5, 5.41) is 3.33. The molecule has 0 saturated carbocycles. The average Bonchev–Trinajstić information content (AvgIpc) is 2.84. The molecule has 1 aromatic heterocycles. The molecule has 100 valence electrons. The summed E-state index contributed by atoms with van der Waals surface area (Å²) in [5.74, 6) is 2.60. The maximum atomic E-state index is 5.86. The summed E-state index contributed by atoms with van der Waals surface area (Å²) in [6.45, 7) is 4.05. The maximum absolute atomic E-state index is 5.86. The van der Waals surface area contributed by atoms with E-state index in [0.29, 0.717) is 13.2 Å². The summed E-state index contributed by atoms with van der Waals surface area (Å²) >= 11 is 0. The number of rotatable bonds is 4. The van der Waals surface area contributed by atoms with Gasteiger partial charge in [-0.25, -0.2) is 0 Å². The molecule has 1 aliphatic heterocycles. The predicted molar refractivity (Wildman–Crippen MR) is 71.5 cm³/mol. The quantitative estimate of drug-likeness (QED) is 0.916. The molecule has 19 heavy (non-hydrogen) atoms. The number of furan rings is 1. The Morgan fingerprint density at radius 3 is 2.84 bits per heavy atom. The molecule has 0 bridgehead atoms. The predicted octanol–water partition coefficient (Wildman–Crippen LogP) is 2.52. The van der Waals surface area contributed by atoms with Crippen molar-refractivity contribution < 1.29 is 13.9 Å². The van der Waals surface area contributed by atoms with Crippen LogP contribution in [0.25, 0.3) is 0 Å². The van der Waals surface area contributed by atoms with Crippen LogP contribution in [0.15, 0.2) is 41.0 Å². The molecular formula is C15H17NO3. The van der Waals surface area contributed by atoms with Crippen molar-refractivity contribution in [1.29, 1.82) is 0 Å². The van der Waals surface area contributed by atoms with E-state index in [4.69, 9.17) is 13.9 Å². The first-order valence-electron chi connectivity index (χ1n) is 6.45. The summed E-state index contributed by atoms with van der Waals surface area (Å²) in [6, 6.07) is 9.71. The molecule has 1 atom stereocenters. The second-order valence-electron chi connectivity index (χ2n) is 4.66. The highest BCUT2D eigenvalue weighted by Gasteiger charge is 2.20. The summed E-state index contributed by atoms with van der Waals surface area (Å²) in [4.78, 5) is 0. The Morgan fingerprint density at radius 1 is 1.21 bits per heavy atom. The second kappa shape index (κ2) is 5.36. The highest BCUT2D eigenvalue weighted by Crippen LogP contribution is 2.30. The van der Waals surface area contributed by atoms with Gasteiger partial charge in [-0.2, -0.15) is 0 Å². The maximum Gasteiger partial charge on any atom is 0.161 e. The molecule has 0 fully saturated rings. The van der Waals surface area contributed by atoms with E-state index in [1.807, 2.05) is 37.3 Å². The van der Waals surface area contributed by atoms with E-state index in [9.17, 15) is 0 Å². The van der Waals surface area contributed by atoms with Crippen LogP contribution in [-0.4, -0.2) is 19.3 Å². The van der Waals surface area contributed by atoms with E-state index in [1.54, 1.807) is 6.26 Å². The van der Waals surface area contributed by atoms with Crippen molar-refractivity contribution in [3.63, 3.8) is 0 Å². The fourth-order valence-electron chi connectivity index (χ4n) is 2.10. The fraction of sp³-hybridized carbons (Fsp3) is 0.333. The van der Waals surface area contributed by atoms with Crippen molar-refractivity contribution in [1.82, 2.24) is 5.32 Å². The molecule has 1 N–H and O–H groups in total. The standard InChI is InChI=1S/C15H17NO3/c1-11-6-7-17-15(11)9-16-8-12-10-18-13-4-2-3-5-14(13)19-12/h2-7,12,16H,8-10H2,1H3. The van der Waals surface area contributed by atoms with E-state index < -0.39 is 0 Å². The SMILES string of the molecule is Cc1ccoc1CNCC1COc2ccccc2O1. The van der Waals surface area contributed by atoms with Gasteiger partial charge in [-0.3, -0.25) is 0 Å². The first-order valence-corrected chi connectivity index (χ1v) is 6.45. The van der Waals surface area contributed by atoms with Gasteiger partial charge in [0.2, 0.25) is 0 Å². The first kappa shape index (κ1) is 12.1. The van der Waals surface area contributed by atoms with Gasteiger partial charge in [0.05, 0.1) is 12.8 Å². The fourth-order valence-corrected chi connectivity index (χ4v) is 2.10. The lowest BCUT2D eigenvalue weighted by atomic mass is 10.2. The van der Waals surface area contributed by atoms with Crippen LogP contribution < -0.4 is 14.8 Å². The van der Waals surface area contributed by atoms with Gasteiger partial charge in [0.1, 0.15) is 18.5 Å². The van der Waals surface area contributed by atoms with Crippen LogP contribution in [0.4, 0.5) is 0 Å². The van der Waals surface area contributed by atoms with Gasteiger partial charge in [-0.05, 0) is 30.7 Å². The Hall–Kier alpha value is -1.94. The number of fused-ring (bicyclic) bond motifs is 1. The number of ether oxygens (including phenoxy) is 2. The van der Waals surface area contributed by atoms with Gasteiger partial charge in [0.15, 0.2) is 11.5 Å². The van der Waals surface area contributed by atoms with Crippen molar-refractivity contribution >= 4 is 0 Å². The van der Waals surface area contributed by atoms with Crippen molar-refractivity contribution in [3.8, 4) is 11.5 Å². The van der Waals surface area contributed by atoms with Crippen molar-refractivity contribution in [3.05, 3.63) is 47.9 Å². The molecule has 0 saturated heterocycles. The van der Waals surface area contributed by atoms with Crippen molar-refractivity contribution in [2.45, 2.75) is 19.6 Å². The lowest BCUT2D eigenvalue weighted by Gasteiger charge is -2.26. The van der Waals surface area contributed by atoms with Crippen LogP contribution in [-0.2, 0) is 6.54 Å². The molecule has 2 aromatic rings. The number of benzene rings is 1. The number of hydrogen-bond donors (Lipinski definition) is 1. The molecule has 0 radical (unpaired) electrons. The third kappa shape index (κ3) is 2.74. The smallest absolute Gasteiger partial charge is 0.161 e. The molecule has 0 aliphatic carbocycles. The molecule has 4 heteroatoms. The third-order valence-corrected chi connectivity index (χ3v) is 3.19. The zero-order valence-electron chi connectivity index (χ0n) is 10.9. The van der Waals surface area contributed by atoms with E-state index in [-0.39, 0.29) is 6.10 Å². The van der Waals surface area contributed by atoms with Gasteiger partial charge in [0, 0.05) is 6.54 Å². The molecule has 0 spiro atoms. The average molecular weight is 259 g/mol. The Kier molecular flexibility index (Phi) is 3.42. The second-order valence-corrected chi connectivity index (χ2v) is 4.66. The van der Waals surface area contributed by atoms with E-state index >= 15 is 0 Å². The summed E-state index contributed by atoms with van der Waals surface area (Å²) in [6.07, 6.45) is 1.74. The Labute approximate surface area is 112 Å². The zero-order valence-corrected chi connectivity index (χ0v) is 10.9. The monoisotopic (exact) mass is 259 g/mol. The minimum atomic E-state index is 0.0326. The Bertz CT molecular complexity index is 550. The highest BCUT2D eigenvalue weighted by molar-refractivity contribution is 5.40. The minimum Gasteiger partial charge on any atom is -0.486 e. The van der Waals surface area contributed by atoms with Crippen LogP contribution in [0.5, 0.6) is 11.5 Å². The van der Waals surface area contributed by atoms with E-state index in [2.05, 4.69) is 5.32 Å². The van der Waals surface area contributed by atoms with Crippen molar-refractivity contribution in [2.75, 3.05) is 13.2 Å². The third-order valence-electron chi connectivity index (χ3n) is 3.19. The number of aryl methyl sites for hydroxylation is 1. The van der Waals surface area contributed by atoms with Gasteiger partial charge >= 0.3 is 0 Å². The summed E-state index contributed by atoms with van der Waals surface area (Å²) in [5.41, 5.74) is 1.17. The molecule has 1 unspecified atom stereocenters. The number of para-hydroxylation sites is 2. The van der Waals surface area contributed by atoms with Crippen LogP contribution in [0, 0.1) is 6.92 Å². The molecular weight excluding hydrogens is 242 g/mol. The van der Waals surface area contributed by atoms with Crippen molar-refractivity contribution in [2.24, 2.45) is 0 Å². The lowest BCUT2D eigenvalue weighted by molar-refractivity contribution is 0.0898. The summed E-state index contributed by atoms with van der Waals surface area (Å²) < 4.78 is 16.9. The Balaban J connectivity index is 1.51. The van der Waals surface area contributed by atoms with E-state index in [0.717, 1.165) is 23.8 Å². The van der Waals surface area contributed by atoms with Crippen LogP contribution in [0.1, 0.15) is 11.3 Å². The van der Waals surface area contributed by atoms with Crippen LogP contribution in [0.3, 0.4) is 0 Å². The normalized spacial score (nSPS) is 17.4. The van der Waals surface area contributed by atoms with Gasteiger partial charge in [-0.15, -0.1) is 0 Å². The zero-order chi connectivity index (χ0) is 13.1. The number of nitrogens with one attached hydrogen (secondary N) is 1. The highest BCUT2D eigenvalue weighted by atomic mass is 16.6. The lowest BCUT2D eigenvalue weighted by Crippen LogP contribution is -2.38. The molecule has 3 rings (SSSR count). The van der Waals surface area contributed by atoms with E-state index in [1.165, 1.54) is 5.56 Å². The van der Waals surface area contributed by atoms with Gasteiger partial charge in [-0.1, -0.05) is 12.1 Å². The van der Waals surface area contributed by atoms with Crippen LogP contribution in [0.2, 0.25) is 0 Å². The molecule has 1 aromatic carbocycles. The molecule has 4 nitrogen and oxygen atoms in total. The minimum absolute atomic E-state index is 0.0326. The molecule has 0 amide bonds. The first-order chi connectivity index (χ1) is 9.33.